The fourth-order valence-corrected chi connectivity index (χ4v) is 1.88. The number of amides is 2. The van der Waals surface area contributed by atoms with E-state index in [1.165, 1.54) is 6.21 Å². The van der Waals surface area contributed by atoms with Gasteiger partial charge in [-0.05, 0) is 56.5 Å². The van der Waals surface area contributed by atoms with E-state index in [-0.39, 0.29) is 11.8 Å². The van der Waals surface area contributed by atoms with Crippen LogP contribution in [-0.2, 0) is 9.59 Å². The quantitative estimate of drug-likeness (QED) is 0.492. The molecule has 0 spiro atoms. The summed E-state index contributed by atoms with van der Waals surface area (Å²) in [5, 5.41) is 6.09. The number of hydrogen-bond acceptors (Lipinski definition) is 4. The highest BCUT2D eigenvalue weighted by Gasteiger charge is 2.13. The Morgan fingerprint density at radius 1 is 1.17 bits per heavy atom. The Kier molecular flexibility index (Phi) is 6.62. The Morgan fingerprint density at radius 2 is 1.74 bits per heavy atom. The van der Waals surface area contributed by atoms with Crippen molar-refractivity contribution in [2.75, 3.05) is 0 Å². The lowest BCUT2D eigenvalue weighted by molar-refractivity contribution is -0.139. The summed E-state index contributed by atoms with van der Waals surface area (Å²) in [6, 6.07) is 2.99. The summed E-state index contributed by atoms with van der Waals surface area (Å²) in [7, 11) is 0. The smallest absolute Gasteiger partial charge is 0.387 e. The van der Waals surface area contributed by atoms with Crippen molar-refractivity contribution in [3.05, 3.63) is 28.8 Å². The molecule has 0 atom stereocenters. The zero-order valence-electron chi connectivity index (χ0n) is 13.3. The van der Waals surface area contributed by atoms with E-state index in [1.807, 2.05) is 0 Å². The first-order valence-corrected chi connectivity index (χ1v) is 6.90. The van der Waals surface area contributed by atoms with Gasteiger partial charge in [-0.2, -0.15) is 13.9 Å². The highest BCUT2D eigenvalue weighted by atomic mass is 19.3. The van der Waals surface area contributed by atoms with Crippen LogP contribution < -0.4 is 15.5 Å². The van der Waals surface area contributed by atoms with Gasteiger partial charge in [0.25, 0.3) is 0 Å². The summed E-state index contributed by atoms with van der Waals surface area (Å²) in [5.41, 5.74) is 3.68. The molecule has 0 heterocycles. The number of carbonyl (C=O) groups excluding carboxylic acids is 2. The van der Waals surface area contributed by atoms with E-state index in [9.17, 15) is 18.4 Å². The molecule has 1 aromatic carbocycles. The molecule has 0 saturated carbocycles. The van der Waals surface area contributed by atoms with Crippen molar-refractivity contribution in [3.8, 4) is 5.75 Å². The van der Waals surface area contributed by atoms with E-state index >= 15 is 0 Å². The molecule has 0 aliphatic carbocycles. The standard InChI is InChI=1S/C15H19F2N3O3/c1-8(2)19-13(21)14(22)20-18-7-11-5-9(3)12(10(4)6-11)23-15(16)17/h5-8,15H,1-4H3,(H,19,21)(H,20,22)/b18-7-. The molecule has 0 radical (unpaired) electrons. The normalized spacial score (nSPS) is 11.1. The van der Waals surface area contributed by atoms with Crippen LogP contribution in [0.15, 0.2) is 17.2 Å². The molecule has 0 fully saturated rings. The fraction of sp³-hybridized carbons (Fsp3) is 0.400. The molecule has 23 heavy (non-hydrogen) atoms. The minimum atomic E-state index is -2.90. The lowest BCUT2D eigenvalue weighted by atomic mass is 10.1. The van der Waals surface area contributed by atoms with Crippen LogP contribution in [-0.4, -0.2) is 30.7 Å². The summed E-state index contributed by atoms with van der Waals surface area (Å²) >= 11 is 0. The van der Waals surface area contributed by atoms with Crippen LogP contribution in [0.5, 0.6) is 5.75 Å². The second-order valence-corrected chi connectivity index (χ2v) is 5.19. The number of ether oxygens (including phenoxy) is 1. The van der Waals surface area contributed by atoms with Crippen LogP contribution in [0.4, 0.5) is 8.78 Å². The van der Waals surface area contributed by atoms with Gasteiger partial charge < -0.3 is 10.1 Å². The molecule has 0 aromatic heterocycles. The number of benzene rings is 1. The molecule has 0 saturated heterocycles. The van der Waals surface area contributed by atoms with E-state index < -0.39 is 18.4 Å². The minimum Gasteiger partial charge on any atom is -0.434 e. The average Bonchev–Trinajstić information content (AvgIpc) is 2.41. The molecule has 0 aliphatic heterocycles. The summed E-state index contributed by atoms with van der Waals surface area (Å²) in [6.45, 7) is 3.80. The van der Waals surface area contributed by atoms with Crippen molar-refractivity contribution in [2.24, 2.45) is 5.10 Å². The predicted octanol–water partition coefficient (Wildman–Crippen LogP) is 1.88. The molecule has 2 N–H and O–H groups in total. The van der Waals surface area contributed by atoms with Gasteiger partial charge in [-0.3, -0.25) is 9.59 Å². The zero-order valence-corrected chi connectivity index (χ0v) is 13.3. The molecule has 8 heteroatoms. The minimum absolute atomic E-state index is 0.109. The number of hydrazone groups is 1. The van der Waals surface area contributed by atoms with Crippen molar-refractivity contribution < 1.29 is 23.1 Å². The van der Waals surface area contributed by atoms with Gasteiger partial charge >= 0.3 is 18.4 Å². The first-order valence-electron chi connectivity index (χ1n) is 6.90. The van der Waals surface area contributed by atoms with Gasteiger partial charge in [-0.25, -0.2) is 5.43 Å². The Labute approximate surface area is 132 Å². The van der Waals surface area contributed by atoms with Crippen molar-refractivity contribution in [1.29, 1.82) is 0 Å². The Morgan fingerprint density at radius 3 is 2.22 bits per heavy atom. The van der Waals surface area contributed by atoms with Gasteiger partial charge in [0.05, 0.1) is 6.21 Å². The Balaban J connectivity index is 2.74. The largest absolute Gasteiger partial charge is 0.434 e. The maximum atomic E-state index is 12.3. The third-order valence-electron chi connectivity index (χ3n) is 2.70. The van der Waals surface area contributed by atoms with E-state index in [0.29, 0.717) is 16.7 Å². The van der Waals surface area contributed by atoms with Crippen molar-refractivity contribution in [3.63, 3.8) is 0 Å². The lowest BCUT2D eigenvalue weighted by Crippen LogP contribution is -2.41. The van der Waals surface area contributed by atoms with Crippen LogP contribution in [0.3, 0.4) is 0 Å². The summed E-state index contributed by atoms with van der Waals surface area (Å²) in [5.74, 6) is -1.57. The van der Waals surface area contributed by atoms with Gasteiger partial charge in [-0.1, -0.05) is 0 Å². The SMILES string of the molecule is Cc1cc(/C=N\NC(=O)C(=O)NC(C)C)cc(C)c1OC(F)F. The summed E-state index contributed by atoms with van der Waals surface area (Å²) < 4.78 is 29.1. The third kappa shape index (κ3) is 6.01. The number of carbonyl (C=O) groups is 2. The van der Waals surface area contributed by atoms with Gasteiger partial charge in [0, 0.05) is 6.04 Å². The first kappa shape index (κ1) is 18.5. The maximum Gasteiger partial charge on any atom is 0.387 e. The monoisotopic (exact) mass is 327 g/mol. The average molecular weight is 327 g/mol. The van der Waals surface area contributed by atoms with E-state index in [4.69, 9.17) is 0 Å². The Bertz CT molecular complexity index is 593. The molecule has 1 rings (SSSR count). The number of alkyl halides is 2. The molecule has 126 valence electrons. The van der Waals surface area contributed by atoms with E-state index in [0.717, 1.165) is 0 Å². The number of rotatable bonds is 5. The van der Waals surface area contributed by atoms with Crippen LogP contribution in [0.25, 0.3) is 0 Å². The second kappa shape index (κ2) is 8.21. The molecule has 0 bridgehead atoms. The highest BCUT2D eigenvalue weighted by molar-refractivity contribution is 6.35. The van der Waals surface area contributed by atoms with Crippen molar-refractivity contribution in [2.45, 2.75) is 40.3 Å². The van der Waals surface area contributed by atoms with Gasteiger partial charge in [0.2, 0.25) is 0 Å². The van der Waals surface area contributed by atoms with Gasteiger partial charge in [0.1, 0.15) is 5.75 Å². The lowest BCUT2D eigenvalue weighted by Gasteiger charge is -2.11. The molecule has 0 aliphatic rings. The number of halogens is 2. The predicted molar refractivity (Wildman–Crippen MR) is 81.6 cm³/mol. The highest BCUT2D eigenvalue weighted by Crippen LogP contribution is 2.25. The van der Waals surface area contributed by atoms with Crippen molar-refractivity contribution >= 4 is 18.0 Å². The van der Waals surface area contributed by atoms with E-state index in [1.54, 1.807) is 39.8 Å². The van der Waals surface area contributed by atoms with Gasteiger partial charge in [-0.15, -0.1) is 0 Å². The number of hydrogen-bond donors (Lipinski definition) is 2. The summed E-state index contributed by atoms with van der Waals surface area (Å²) in [4.78, 5) is 22.8. The van der Waals surface area contributed by atoms with Gasteiger partial charge in [0.15, 0.2) is 0 Å². The number of nitrogens with one attached hydrogen (secondary N) is 2. The first-order chi connectivity index (χ1) is 10.7. The van der Waals surface area contributed by atoms with Crippen LogP contribution in [0.1, 0.15) is 30.5 Å². The number of nitrogens with zero attached hydrogens (tertiary/aromatic N) is 1. The molecule has 1 aromatic rings. The molecule has 0 unspecified atom stereocenters. The van der Waals surface area contributed by atoms with E-state index in [2.05, 4.69) is 20.6 Å². The zero-order chi connectivity index (χ0) is 17.6. The van der Waals surface area contributed by atoms with Crippen LogP contribution >= 0.6 is 0 Å². The Hall–Kier alpha value is -2.51. The molecular weight excluding hydrogens is 308 g/mol. The molecular formula is C15H19F2N3O3. The summed E-state index contributed by atoms with van der Waals surface area (Å²) in [6.07, 6.45) is 1.31. The molecule has 6 nitrogen and oxygen atoms in total. The third-order valence-corrected chi connectivity index (χ3v) is 2.70. The topological polar surface area (TPSA) is 79.8 Å². The fourth-order valence-electron chi connectivity index (χ4n) is 1.88. The maximum absolute atomic E-state index is 12.3. The second-order valence-electron chi connectivity index (χ2n) is 5.19. The molecule has 2 amide bonds. The van der Waals surface area contributed by atoms with Crippen molar-refractivity contribution in [1.82, 2.24) is 10.7 Å². The number of aryl methyl sites for hydroxylation is 2. The van der Waals surface area contributed by atoms with Crippen LogP contribution in [0, 0.1) is 13.8 Å². The van der Waals surface area contributed by atoms with Crippen LogP contribution in [0.2, 0.25) is 0 Å².